The van der Waals surface area contributed by atoms with Crippen molar-refractivity contribution in [3.05, 3.63) is 31.9 Å². The fourth-order valence-electron chi connectivity index (χ4n) is 1.28. The molecule has 0 amide bonds. The van der Waals surface area contributed by atoms with E-state index in [4.69, 9.17) is 5.11 Å². The molecule has 2 aromatic heterocycles. The average Bonchev–Trinajstić information content (AvgIpc) is 2.86. The Kier molecular flexibility index (Phi) is 3.80. The van der Waals surface area contributed by atoms with Crippen LogP contribution in [0.3, 0.4) is 0 Å². The molecule has 0 spiro atoms. The maximum atomic E-state index is 10.7. The van der Waals surface area contributed by atoms with Gasteiger partial charge >= 0.3 is 5.97 Å². The molecule has 2 rings (SSSR count). The molecule has 0 bridgehead atoms. The van der Waals surface area contributed by atoms with Gasteiger partial charge in [-0.1, -0.05) is 11.3 Å². The molecule has 2 aromatic rings. The number of hydrogen-bond acceptors (Lipinski definition) is 5. The van der Waals surface area contributed by atoms with Gasteiger partial charge in [0.05, 0.1) is 16.5 Å². The van der Waals surface area contributed by atoms with Crippen LogP contribution >= 0.6 is 38.6 Å². The number of aromatic nitrogens is 1. The maximum Gasteiger partial charge on any atom is 0.347 e. The van der Waals surface area contributed by atoms with Gasteiger partial charge in [-0.25, -0.2) is 9.78 Å². The minimum Gasteiger partial charge on any atom is -0.477 e. The number of anilines is 1. The third-order valence-electron chi connectivity index (χ3n) is 2.05. The Morgan fingerprint density at radius 1 is 1.53 bits per heavy atom. The first-order valence-electron chi connectivity index (χ1n) is 4.70. The van der Waals surface area contributed by atoms with Gasteiger partial charge in [-0.3, -0.25) is 0 Å². The molecule has 0 unspecified atom stereocenters. The Bertz CT molecular complexity index is 538. The summed E-state index contributed by atoms with van der Waals surface area (Å²) in [6, 6.07) is 4.04. The van der Waals surface area contributed by atoms with Crippen molar-refractivity contribution in [3.63, 3.8) is 0 Å². The Morgan fingerprint density at radius 2 is 2.29 bits per heavy atom. The summed E-state index contributed by atoms with van der Waals surface area (Å²) in [6.45, 7) is 0.725. The van der Waals surface area contributed by atoms with E-state index in [1.54, 1.807) is 11.3 Å². The minimum atomic E-state index is -0.930. The zero-order valence-electron chi connectivity index (χ0n) is 8.88. The summed E-state index contributed by atoms with van der Waals surface area (Å²) in [5.74, 6) is -0.930. The number of carboxylic acids is 1. The summed E-state index contributed by atoms with van der Waals surface area (Å²) in [7, 11) is 1.90. The van der Waals surface area contributed by atoms with Crippen LogP contribution < -0.4 is 4.90 Å². The Hall–Kier alpha value is -0.920. The number of carbonyl (C=O) groups is 1. The highest BCUT2D eigenvalue weighted by atomic mass is 79.9. The molecule has 0 aliphatic rings. The number of carboxylic acid groups (broad SMARTS) is 1. The van der Waals surface area contributed by atoms with Crippen molar-refractivity contribution in [1.29, 1.82) is 0 Å². The van der Waals surface area contributed by atoms with E-state index in [1.165, 1.54) is 22.4 Å². The zero-order valence-corrected chi connectivity index (χ0v) is 12.1. The van der Waals surface area contributed by atoms with Crippen LogP contribution in [0.15, 0.2) is 22.1 Å². The highest BCUT2D eigenvalue weighted by Crippen LogP contribution is 2.27. The molecule has 0 atom stereocenters. The molecule has 4 nitrogen and oxygen atoms in total. The standard InChI is InChI=1S/C10H9BrN2O2S2/c1-13(5-6-2-3-8(11)16-6)10-12-4-7(17-10)9(14)15/h2-4H,5H2,1H3,(H,14,15). The van der Waals surface area contributed by atoms with E-state index in [-0.39, 0.29) is 4.88 Å². The summed E-state index contributed by atoms with van der Waals surface area (Å²) < 4.78 is 1.09. The fraction of sp³-hybridized carbons (Fsp3) is 0.200. The third kappa shape index (κ3) is 3.05. The van der Waals surface area contributed by atoms with Crippen LogP contribution in [0.4, 0.5) is 5.13 Å². The van der Waals surface area contributed by atoms with Crippen LogP contribution in [0.5, 0.6) is 0 Å². The van der Waals surface area contributed by atoms with Gasteiger partial charge < -0.3 is 10.0 Å². The molecule has 90 valence electrons. The minimum absolute atomic E-state index is 0.263. The van der Waals surface area contributed by atoms with Crippen LogP contribution in [0.1, 0.15) is 14.5 Å². The summed E-state index contributed by atoms with van der Waals surface area (Å²) in [5, 5.41) is 9.54. The van der Waals surface area contributed by atoms with Crippen molar-refractivity contribution in [2.75, 3.05) is 11.9 Å². The average molecular weight is 333 g/mol. The van der Waals surface area contributed by atoms with Crippen molar-refractivity contribution in [2.24, 2.45) is 0 Å². The van der Waals surface area contributed by atoms with Crippen LogP contribution in [0.2, 0.25) is 0 Å². The summed E-state index contributed by atoms with van der Waals surface area (Å²) in [6.07, 6.45) is 1.39. The zero-order chi connectivity index (χ0) is 12.4. The van der Waals surface area contributed by atoms with Gasteiger partial charge in [0, 0.05) is 11.9 Å². The van der Waals surface area contributed by atoms with E-state index in [0.29, 0.717) is 5.13 Å². The monoisotopic (exact) mass is 332 g/mol. The van der Waals surface area contributed by atoms with Crippen LogP contribution in [-0.2, 0) is 6.54 Å². The molecule has 0 fully saturated rings. The van der Waals surface area contributed by atoms with E-state index >= 15 is 0 Å². The van der Waals surface area contributed by atoms with Crippen molar-refractivity contribution in [2.45, 2.75) is 6.54 Å². The van der Waals surface area contributed by atoms with Crippen molar-refractivity contribution < 1.29 is 9.90 Å². The molecule has 0 aliphatic carbocycles. The summed E-state index contributed by atoms with van der Waals surface area (Å²) in [5.41, 5.74) is 0. The molecule has 17 heavy (non-hydrogen) atoms. The van der Waals surface area contributed by atoms with Crippen molar-refractivity contribution in [3.8, 4) is 0 Å². The second-order valence-corrected chi connectivity index (χ2v) is 6.93. The van der Waals surface area contributed by atoms with Gasteiger partial charge in [-0.2, -0.15) is 0 Å². The van der Waals surface area contributed by atoms with E-state index in [0.717, 1.165) is 10.3 Å². The predicted octanol–water partition coefficient (Wildman–Crippen LogP) is 3.30. The maximum absolute atomic E-state index is 10.7. The van der Waals surface area contributed by atoms with Crippen molar-refractivity contribution >= 4 is 49.7 Å². The van der Waals surface area contributed by atoms with E-state index < -0.39 is 5.97 Å². The van der Waals surface area contributed by atoms with Gasteiger partial charge in [0.15, 0.2) is 5.13 Å². The quantitative estimate of drug-likeness (QED) is 0.933. The molecule has 0 aromatic carbocycles. The smallest absolute Gasteiger partial charge is 0.347 e. The number of nitrogens with zero attached hydrogens (tertiary/aromatic N) is 2. The Labute approximate surface area is 115 Å². The summed E-state index contributed by atoms with van der Waals surface area (Å²) >= 11 is 6.25. The largest absolute Gasteiger partial charge is 0.477 e. The second-order valence-electron chi connectivity index (χ2n) is 3.37. The number of hydrogen-bond donors (Lipinski definition) is 1. The molecule has 0 saturated carbocycles. The van der Waals surface area contributed by atoms with Gasteiger partial charge in [0.2, 0.25) is 0 Å². The normalized spacial score (nSPS) is 10.5. The van der Waals surface area contributed by atoms with E-state index in [1.807, 2.05) is 24.1 Å². The number of halogens is 1. The fourth-order valence-corrected chi connectivity index (χ4v) is 3.53. The molecule has 0 radical (unpaired) electrons. The topological polar surface area (TPSA) is 53.4 Å². The lowest BCUT2D eigenvalue weighted by atomic mass is 10.4. The highest BCUT2D eigenvalue weighted by Gasteiger charge is 2.12. The van der Waals surface area contributed by atoms with Crippen LogP contribution in [0, 0.1) is 0 Å². The molecule has 1 N–H and O–H groups in total. The van der Waals surface area contributed by atoms with Crippen molar-refractivity contribution in [1.82, 2.24) is 4.98 Å². The molecule has 0 aliphatic heterocycles. The molecular weight excluding hydrogens is 324 g/mol. The first-order chi connectivity index (χ1) is 8.06. The molecule has 7 heteroatoms. The lowest BCUT2D eigenvalue weighted by Crippen LogP contribution is -2.14. The first-order valence-corrected chi connectivity index (χ1v) is 7.13. The predicted molar refractivity (Wildman–Crippen MR) is 73.2 cm³/mol. The molecular formula is C10H9BrN2O2S2. The van der Waals surface area contributed by atoms with Gasteiger partial charge in [-0.15, -0.1) is 11.3 Å². The van der Waals surface area contributed by atoms with Gasteiger partial charge in [0.25, 0.3) is 0 Å². The lowest BCUT2D eigenvalue weighted by molar-refractivity contribution is 0.0702. The van der Waals surface area contributed by atoms with Crippen LogP contribution in [0.25, 0.3) is 0 Å². The Morgan fingerprint density at radius 3 is 2.82 bits per heavy atom. The first kappa shape index (κ1) is 12.5. The highest BCUT2D eigenvalue weighted by molar-refractivity contribution is 9.11. The number of aromatic carboxylic acids is 1. The van der Waals surface area contributed by atoms with Gasteiger partial charge in [0.1, 0.15) is 4.88 Å². The van der Waals surface area contributed by atoms with Crippen LogP contribution in [-0.4, -0.2) is 23.1 Å². The summed E-state index contributed by atoms with van der Waals surface area (Å²) in [4.78, 5) is 18.2. The second kappa shape index (κ2) is 5.16. The van der Waals surface area contributed by atoms with E-state index in [9.17, 15) is 4.79 Å². The SMILES string of the molecule is CN(Cc1ccc(Br)s1)c1ncc(C(=O)O)s1. The Balaban J connectivity index is 2.08. The number of thiophene rings is 1. The molecule has 0 saturated heterocycles. The van der Waals surface area contributed by atoms with E-state index in [2.05, 4.69) is 20.9 Å². The third-order valence-corrected chi connectivity index (χ3v) is 4.76. The van der Waals surface area contributed by atoms with Gasteiger partial charge in [-0.05, 0) is 28.1 Å². The number of rotatable bonds is 4. The number of thiazole rings is 1. The molecule has 2 heterocycles. The lowest BCUT2D eigenvalue weighted by Gasteiger charge is -2.13.